The van der Waals surface area contributed by atoms with Crippen molar-refractivity contribution in [2.24, 2.45) is 0 Å². The molecule has 5 heteroatoms. The Morgan fingerprint density at radius 2 is 1.95 bits per heavy atom. The molecular formula is C15H21F3N2. The zero-order valence-corrected chi connectivity index (χ0v) is 11.5. The Bertz CT molecular complexity index is 418. The molecule has 0 aromatic heterocycles. The summed E-state index contributed by atoms with van der Waals surface area (Å²) < 4.78 is 35.8. The molecule has 1 aromatic rings. The molecule has 0 amide bonds. The van der Waals surface area contributed by atoms with Gasteiger partial charge in [0.05, 0.1) is 0 Å². The van der Waals surface area contributed by atoms with Crippen LogP contribution in [-0.2, 0) is 0 Å². The number of hydrogen-bond donors (Lipinski definition) is 2. The second-order valence-electron chi connectivity index (χ2n) is 5.28. The van der Waals surface area contributed by atoms with Crippen molar-refractivity contribution >= 4 is 5.69 Å². The van der Waals surface area contributed by atoms with Crippen LogP contribution >= 0.6 is 0 Å². The lowest BCUT2D eigenvalue weighted by Gasteiger charge is -2.11. The first-order valence-corrected chi connectivity index (χ1v) is 7.16. The molecule has 1 unspecified atom stereocenters. The Morgan fingerprint density at radius 1 is 1.15 bits per heavy atom. The highest BCUT2D eigenvalue weighted by atomic mass is 19.4. The zero-order chi connectivity index (χ0) is 14.4. The van der Waals surface area contributed by atoms with Gasteiger partial charge in [-0.2, -0.15) is 13.2 Å². The van der Waals surface area contributed by atoms with E-state index in [9.17, 15) is 13.2 Å². The molecule has 1 aromatic carbocycles. The van der Waals surface area contributed by atoms with Gasteiger partial charge in [-0.1, -0.05) is 18.2 Å². The SMILES string of the molecule is FC(F)(F)CCCCNCCC1CNc2ccccc21. The lowest BCUT2D eigenvalue weighted by molar-refractivity contribution is -0.135. The molecule has 0 aliphatic carbocycles. The molecular weight excluding hydrogens is 265 g/mol. The summed E-state index contributed by atoms with van der Waals surface area (Å²) in [4.78, 5) is 0. The number of halogens is 3. The van der Waals surface area contributed by atoms with Crippen molar-refractivity contribution in [3.63, 3.8) is 0 Å². The Balaban J connectivity index is 1.57. The third kappa shape index (κ3) is 4.71. The van der Waals surface area contributed by atoms with E-state index in [-0.39, 0.29) is 6.42 Å². The number of unbranched alkanes of at least 4 members (excludes halogenated alkanes) is 1. The van der Waals surface area contributed by atoms with Crippen LogP contribution in [0.1, 0.15) is 37.2 Å². The largest absolute Gasteiger partial charge is 0.389 e. The van der Waals surface area contributed by atoms with Crippen molar-refractivity contribution in [1.29, 1.82) is 0 Å². The van der Waals surface area contributed by atoms with Gasteiger partial charge in [-0.05, 0) is 44.0 Å². The Morgan fingerprint density at radius 3 is 2.75 bits per heavy atom. The number of alkyl halides is 3. The Kier molecular flexibility index (Phi) is 5.29. The molecule has 112 valence electrons. The van der Waals surface area contributed by atoms with Crippen LogP contribution in [0.15, 0.2) is 24.3 Å². The van der Waals surface area contributed by atoms with Crippen LogP contribution in [0, 0.1) is 0 Å². The monoisotopic (exact) mass is 286 g/mol. The summed E-state index contributed by atoms with van der Waals surface area (Å²) in [6.07, 6.45) is -2.87. The van der Waals surface area contributed by atoms with Crippen LogP contribution in [0.3, 0.4) is 0 Å². The molecule has 0 spiro atoms. The van der Waals surface area contributed by atoms with Crippen LogP contribution in [0.2, 0.25) is 0 Å². The van der Waals surface area contributed by atoms with Crippen LogP contribution in [0.4, 0.5) is 18.9 Å². The van der Waals surface area contributed by atoms with Crippen molar-refractivity contribution in [3.05, 3.63) is 29.8 Å². The molecule has 1 aliphatic rings. The number of nitrogens with one attached hydrogen (secondary N) is 2. The molecule has 1 heterocycles. The maximum atomic E-state index is 11.9. The molecule has 20 heavy (non-hydrogen) atoms. The van der Waals surface area contributed by atoms with Crippen LogP contribution < -0.4 is 10.6 Å². The smallest absolute Gasteiger partial charge is 0.384 e. The molecule has 1 aliphatic heterocycles. The first kappa shape index (κ1) is 15.2. The van der Waals surface area contributed by atoms with Gasteiger partial charge in [-0.25, -0.2) is 0 Å². The highest BCUT2D eigenvalue weighted by Gasteiger charge is 2.25. The summed E-state index contributed by atoms with van der Waals surface area (Å²) in [6, 6.07) is 8.29. The second kappa shape index (κ2) is 6.97. The van der Waals surface area contributed by atoms with Crippen molar-refractivity contribution in [2.45, 2.75) is 37.8 Å². The standard InChI is InChI=1S/C15H21F3N2/c16-15(17,18)8-3-4-9-19-10-7-12-11-20-14-6-2-1-5-13(12)14/h1-2,5-6,12,19-20H,3-4,7-11H2. The van der Waals surface area contributed by atoms with Gasteiger partial charge in [0.2, 0.25) is 0 Å². The van der Waals surface area contributed by atoms with Gasteiger partial charge in [0.1, 0.15) is 0 Å². The summed E-state index contributed by atoms with van der Waals surface area (Å²) >= 11 is 0. The number of anilines is 1. The average Bonchev–Trinajstić information content (AvgIpc) is 2.80. The first-order chi connectivity index (χ1) is 9.56. The van der Waals surface area contributed by atoms with Gasteiger partial charge < -0.3 is 10.6 Å². The zero-order valence-electron chi connectivity index (χ0n) is 11.5. The second-order valence-corrected chi connectivity index (χ2v) is 5.28. The van der Waals surface area contributed by atoms with Gasteiger partial charge in [-0.3, -0.25) is 0 Å². The summed E-state index contributed by atoms with van der Waals surface area (Å²) in [7, 11) is 0. The predicted octanol–water partition coefficient (Wildman–Crippen LogP) is 3.91. The number of hydrogen-bond acceptors (Lipinski definition) is 2. The number of rotatable bonds is 7. The van der Waals surface area contributed by atoms with E-state index in [4.69, 9.17) is 0 Å². The van der Waals surface area contributed by atoms with Crippen molar-refractivity contribution < 1.29 is 13.2 Å². The van der Waals surface area contributed by atoms with E-state index in [1.54, 1.807) is 0 Å². The fourth-order valence-electron chi connectivity index (χ4n) is 2.59. The van der Waals surface area contributed by atoms with E-state index in [1.165, 1.54) is 11.3 Å². The minimum absolute atomic E-state index is 0.213. The summed E-state index contributed by atoms with van der Waals surface area (Å²) in [6.45, 7) is 2.47. The quantitative estimate of drug-likeness (QED) is 0.743. The molecule has 2 nitrogen and oxygen atoms in total. The van der Waals surface area contributed by atoms with Gasteiger partial charge >= 0.3 is 6.18 Å². The van der Waals surface area contributed by atoms with Gasteiger partial charge in [-0.15, -0.1) is 0 Å². The van der Waals surface area contributed by atoms with Crippen molar-refractivity contribution in [3.8, 4) is 0 Å². The maximum absolute atomic E-state index is 11.9. The number of para-hydroxylation sites is 1. The topological polar surface area (TPSA) is 24.1 Å². The number of benzene rings is 1. The lowest BCUT2D eigenvalue weighted by Crippen LogP contribution is -2.20. The third-order valence-corrected chi connectivity index (χ3v) is 3.67. The Hall–Kier alpha value is -1.23. The van der Waals surface area contributed by atoms with Crippen LogP contribution in [0.25, 0.3) is 0 Å². The normalized spacial score (nSPS) is 17.9. The average molecular weight is 286 g/mol. The number of fused-ring (bicyclic) bond motifs is 1. The Labute approximate surface area is 117 Å². The first-order valence-electron chi connectivity index (χ1n) is 7.16. The third-order valence-electron chi connectivity index (χ3n) is 3.67. The fraction of sp³-hybridized carbons (Fsp3) is 0.600. The molecule has 0 saturated heterocycles. The molecule has 2 N–H and O–H groups in total. The molecule has 0 fully saturated rings. The molecule has 2 rings (SSSR count). The van der Waals surface area contributed by atoms with E-state index in [2.05, 4.69) is 22.8 Å². The van der Waals surface area contributed by atoms with Crippen molar-refractivity contribution in [1.82, 2.24) is 5.32 Å². The van der Waals surface area contributed by atoms with Crippen molar-refractivity contribution in [2.75, 3.05) is 25.0 Å². The van der Waals surface area contributed by atoms with Crippen LogP contribution in [0.5, 0.6) is 0 Å². The maximum Gasteiger partial charge on any atom is 0.389 e. The summed E-state index contributed by atoms with van der Waals surface area (Å²) in [5.74, 6) is 0.508. The van der Waals surface area contributed by atoms with E-state index < -0.39 is 12.6 Å². The van der Waals surface area contributed by atoms with E-state index >= 15 is 0 Å². The molecule has 1 atom stereocenters. The predicted molar refractivity (Wildman–Crippen MR) is 75.1 cm³/mol. The highest BCUT2D eigenvalue weighted by molar-refractivity contribution is 5.57. The molecule has 0 radical (unpaired) electrons. The minimum Gasteiger partial charge on any atom is -0.384 e. The summed E-state index contributed by atoms with van der Waals surface area (Å²) in [5.41, 5.74) is 2.56. The fourth-order valence-corrected chi connectivity index (χ4v) is 2.59. The minimum atomic E-state index is -4.01. The van der Waals surface area contributed by atoms with Gasteiger partial charge in [0, 0.05) is 24.6 Å². The lowest BCUT2D eigenvalue weighted by atomic mass is 9.98. The van der Waals surface area contributed by atoms with Crippen LogP contribution in [-0.4, -0.2) is 25.8 Å². The van der Waals surface area contributed by atoms with E-state index in [1.807, 2.05) is 12.1 Å². The summed E-state index contributed by atoms with van der Waals surface area (Å²) in [5, 5.41) is 6.61. The highest BCUT2D eigenvalue weighted by Crippen LogP contribution is 2.32. The molecule has 0 bridgehead atoms. The van der Waals surface area contributed by atoms with Gasteiger partial charge in [0.15, 0.2) is 0 Å². The molecule has 0 saturated carbocycles. The van der Waals surface area contributed by atoms with E-state index in [0.717, 1.165) is 19.5 Å². The van der Waals surface area contributed by atoms with Gasteiger partial charge in [0.25, 0.3) is 0 Å². The van der Waals surface area contributed by atoms with E-state index in [0.29, 0.717) is 18.9 Å².